The van der Waals surface area contributed by atoms with Gasteiger partial charge in [0.1, 0.15) is 11.5 Å². The molecular weight excluding hydrogens is 429 g/mol. The highest BCUT2D eigenvalue weighted by atomic mass is 127. The van der Waals surface area contributed by atoms with Crippen LogP contribution in [0.5, 0.6) is 11.5 Å². The van der Waals surface area contributed by atoms with Gasteiger partial charge in [0.25, 0.3) is 11.1 Å². The molecule has 3 rings (SSSR count). The Morgan fingerprint density at radius 1 is 1.04 bits per heavy atom. The molecule has 0 aliphatic carbocycles. The van der Waals surface area contributed by atoms with Gasteiger partial charge < -0.3 is 10.2 Å². The van der Waals surface area contributed by atoms with Crippen LogP contribution in [0.15, 0.2) is 47.4 Å². The maximum absolute atomic E-state index is 12.5. The van der Waals surface area contributed by atoms with Crippen molar-refractivity contribution in [3.05, 3.63) is 56.5 Å². The number of hydrogen-bond acceptors (Lipinski definition) is 5. The molecule has 1 saturated heterocycles. The topological polar surface area (TPSA) is 77.8 Å². The number of carbonyl (C=O) groups is 2. The zero-order valence-electron chi connectivity index (χ0n) is 11.6. The Bertz CT molecular complexity index is 835. The third kappa shape index (κ3) is 3.06. The number of phenolic OH excluding ortho intramolecular Hbond substituents is 2. The number of amides is 2. The maximum atomic E-state index is 12.5. The Balaban J connectivity index is 1.98. The van der Waals surface area contributed by atoms with E-state index in [9.17, 15) is 19.8 Å². The third-order valence-electron chi connectivity index (χ3n) is 3.19. The molecule has 116 valence electrons. The molecular formula is C16H10INO4S. The highest BCUT2D eigenvalue weighted by Crippen LogP contribution is 2.37. The van der Waals surface area contributed by atoms with Crippen molar-refractivity contribution in [1.82, 2.24) is 0 Å². The van der Waals surface area contributed by atoms with Gasteiger partial charge in [-0.1, -0.05) is 18.2 Å². The number of halogens is 1. The lowest BCUT2D eigenvalue weighted by atomic mass is 10.1. The summed E-state index contributed by atoms with van der Waals surface area (Å²) in [7, 11) is 0. The number of para-hydroxylation sites is 1. The summed E-state index contributed by atoms with van der Waals surface area (Å²) in [5.74, 6) is -0.638. The van der Waals surface area contributed by atoms with E-state index in [1.165, 1.54) is 12.1 Å². The number of hydrogen-bond donors (Lipinski definition) is 2. The number of anilines is 1. The minimum Gasteiger partial charge on any atom is -0.507 e. The van der Waals surface area contributed by atoms with E-state index < -0.39 is 5.91 Å². The SMILES string of the molecule is O=C1S/C(=C\c2cc(I)c(O)cc2O)C(=O)N1c1ccccc1. The largest absolute Gasteiger partial charge is 0.507 e. The fourth-order valence-electron chi connectivity index (χ4n) is 2.09. The molecule has 1 aliphatic heterocycles. The summed E-state index contributed by atoms with van der Waals surface area (Å²) in [4.78, 5) is 25.9. The minimum atomic E-state index is -0.436. The van der Waals surface area contributed by atoms with Crippen LogP contribution in [-0.4, -0.2) is 21.4 Å². The minimum absolute atomic E-state index is 0.0439. The number of aromatic hydroxyl groups is 2. The van der Waals surface area contributed by atoms with E-state index in [1.807, 2.05) is 22.6 Å². The Labute approximate surface area is 149 Å². The summed E-state index contributed by atoms with van der Waals surface area (Å²) < 4.78 is 0.536. The molecule has 5 nitrogen and oxygen atoms in total. The molecule has 1 aliphatic rings. The lowest BCUT2D eigenvalue weighted by molar-refractivity contribution is -0.113. The number of benzene rings is 2. The Morgan fingerprint density at radius 3 is 2.43 bits per heavy atom. The molecule has 0 aromatic heterocycles. The van der Waals surface area contributed by atoms with Crippen molar-refractivity contribution in [2.75, 3.05) is 4.90 Å². The smallest absolute Gasteiger partial charge is 0.298 e. The Hall–Kier alpha value is -2.00. The first-order valence-corrected chi connectivity index (χ1v) is 8.41. The van der Waals surface area contributed by atoms with E-state index in [1.54, 1.807) is 36.4 Å². The normalized spacial score (nSPS) is 16.4. The molecule has 0 saturated carbocycles. The monoisotopic (exact) mass is 439 g/mol. The van der Waals surface area contributed by atoms with Crippen LogP contribution in [0.4, 0.5) is 10.5 Å². The van der Waals surface area contributed by atoms with E-state index in [0.29, 0.717) is 14.8 Å². The zero-order valence-corrected chi connectivity index (χ0v) is 14.5. The number of carbonyl (C=O) groups excluding carboxylic acids is 2. The van der Waals surface area contributed by atoms with Crippen molar-refractivity contribution in [2.45, 2.75) is 0 Å². The predicted octanol–water partition coefficient (Wildman–Crippen LogP) is 3.94. The molecule has 2 aromatic rings. The molecule has 7 heteroatoms. The van der Waals surface area contributed by atoms with Gasteiger partial charge in [0.15, 0.2) is 0 Å². The van der Waals surface area contributed by atoms with Gasteiger partial charge in [-0.25, -0.2) is 4.90 Å². The quantitative estimate of drug-likeness (QED) is 0.548. The van der Waals surface area contributed by atoms with E-state index in [2.05, 4.69) is 0 Å². The van der Waals surface area contributed by atoms with Gasteiger partial charge in [-0.2, -0.15) is 0 Å². The number of thioether (sulfide) groups is 1. The summed E-state index contributed by atoms with van der Waals surface area (Å²) in [6.07, 6.45) is 1.45. The first-order valence-electron chi connectivity index (χ1n) is 6.52. The molecule has 0 atom stereocenters. The standard InChI is InChI=1S/C16H10INO4S/c17-11-6-9(12(19)8-13(11)20)7-14-15(21)18(16(22)23-14)10-4-2-1-3-5-10/h1-8,19-20H/b14-7-. The van der Waals surface area contributed by atoms with Crippen LogP contribution in [-0.2, 0) is 4.79 Å². The van der Waals surface area contributed by atoms with Gasteiger partial charge in [0.2, 0.25) is 0 Å². The summed E-state index contributed by atoms with van der Waals surface area (Å²) in [6.45, 7) is 0. The summed E-state index contributed by atoms with van der Waals surface area (Å²) >= 11 is 2.73. The molecule has 0 unspecified atom stereocenters. The summed E-state index contributed by atoms with van der Waals surface area (Å²) in [5, 5.41) is 19.0. The maximum Gasteiger partial charge on any atom is 0.298 e. The first kappa shape index (κ1) is 15.9. The number of nitrogens with zero attached hydrogens (tertiary/aromatic N) is 1. The van der Waals surface area contributed by atoms with Crippen LogP contribution in [0.3, 0.4) is 0 Å². The fraction of sp³-hybridized carbons (Fsp3) is 0. The average molecular weight is 439 g/mol. The van der Waals surface area contributed by atoms with Gasteiger partial charge >= 0.3 is 0 Å². The summed E-state index contributed by atoms with van der Waals surface area (Å²) in [6, 6.07) is 11.4. The van der Waals surface area contributed by atoms with Crippen molar-refractivity contribution in [1.29, 1.82) is 0 Å². The highest BCUT2D eigenvalue weighted by Gasteiger charge is 2.36. The Kier molecular flexibility index (Phi) is 4.31. The van der Waals surface area contributed by atoms with Crippen LogP contribution in [0.2, 0.25) is 0 Å². The zero-order chi connectivity index (χ0) is 16.6. The third-order valence-corrected chi connectivity index (χ3v) is 4.92. The molecule has 2 aromatic carbocycles. The molecule has 2 amide bonds. The van der Waals surface area contributed by atoms with E-state index >= 15 is 0 Å². The van der Waals surface area contributed by atoms with Gasteiger partial charge in [-0.15, -0.1) is 0 Å². The second kappa shape index (κ2) is 6.25. The number of rotatable bonds is 2. The number of phenols is 2. The van der Waals surface area contributed by atoms with Crippen LogP contribution in [0.1, 0.15) is 5.56 Å². The molecule has 0 spiro atoms. The fourth-order valence-corrected chi connectivity index (χ4v) is 3.41. The lowest BCUT2D eigenvalue weighted by Gasteiger charge is -2.11. The first-order chi connectivity index (χ1) is 11.0. The van der Waals surface area contributed by atoms with Gasteiger partial charge in [-0.3, -0.25) is 9.59 Å². The molecule has 0 radical (unpaired) electrons. The average Bonchev–Trinajstić information content (AvgIpc) is 2.80. The van der Waals surface area contributed by atoms with E-state index in [4.69, 9.17) is 0 Å². The summed E-state index contributed by atoms with van der Waals surface area (Å²) in [5.41, 5.74) is 0.869. The van der Waals surface area contributed by atoms with Gasteiger partial charge in [0, 0.05) is 11.6 Å². The van der Waals surface area contributed by atoms with Crippen molar-refractivity contribution >= 4 is 57.3 Å². The van der Waals surface area contributed by atoms with Crippen molar-refractivity contribution in [3.8, 4) is 11.5 Å². The van der Waals surface area contributed by atoms with Crippen LogP contribution in [0.25, 0.3) is 6.08 Å². The van der Waals surface area contributed by atoms with Crippen LogP contribution >= 0.6 is 34.4 Å². The second-order valence-corrected chi connectivity index (χ2v) is 6.87. The second-order valence-electron chi connectivity index (χ2n) is 4.72. The van der Waals surface area contributed by atoms with Crippen molar-refractivity contribution in [3.63, 3.8) is 0 Å². The molecule has 2 N–H and O–H groups in total. The van der Waals surface area contributed by atoms with Gasteiger partial charge in [-0.05, 0) is 58.6 Å². The molecule has 23 heavy (non-hydrogen) atoms. The predicted molar refractivity (Wildman–Crippen MR) is 97.4 cm³/mol. The molecule has 1 fully saturated rings. The van der Waals surface area contributed by atoms with Crippen LogP contribution < -0.4 is 4.90 Å². The van der Waals surface area contributed by atoms with Crippen molar-refractivity contribution in [2.24, 2.45) is 0 Å². The van der Waals surface area contributed by atoms with E-state index in [0.717, 1.165) is 16.7 Å². The number of imide groups is 1. The molecule has 1 heterocycles. The van der Waals surface area contributed by atoms with E-state index in [-0.39, 0.29) is 21.6 Å². The Morgan fingerprint density at radius 2 is 1.74 bits per heavy atom. The lowest BCUT2D eigenvalue weighted by Crippen LogP contribution is -2.27. The molecule has 0 bridgehead atoms. The van der Waals surface area contributed by atoms with Crippen LogP contribution in [0, 0.1) is 3.57 Å². The highest BCUT2D eigenvalue weighted by molar-refractivity contribution is 14.1. The van der Waals surface area contributed by atoms with Gasteiger partial charge in [0.05, 0.1) is 14.2 Å². The van der Waals surface area contributed by atoms with Crippen molar-refractivity contribution < 1.29 is 19.8 Å².